The number of amides is 1. The molecule has 1 saturated heterocycles. The Morgan fingerprint density at radius 1 is 1.11 bits per heavy atom. The minimum Gasteiger partial charge on any atom is -0.496 e. The molecule has 1 heterocycles. The maximum absolute atomic E-state index is 12.5. The SMILES string of the molecule is COc1ccc(Cl)cc1CN1CCN(C(=O)CCc2ccccc2N)CC1. The average Bonchev–Trinajstić information content (AvgIpc) is 2.68. The predicted octanol–water partition coefficient (Wildman–Crippen LogP) is 3.21. The van der Waals surface area contributed by atoms with Crippen LogP contribution in [0, 0.1) is 0 Å². The number of para-hydroxylation sites is 1. The van der Waals surface area contributed by atoms with Gasteiger partial charge in [0.1, 0.15) is 5.75 Å². The topological polar surface area (TPSA) is 58.8 Å². The highest BCUT2D eigenvalue weighted by atomic mass is 35.5. The number of nitrogens with two attached hydrogens (primary N) is 1. The Labute approximate surface area is 165 Å². The second-order valence-electron chi connectivity index (χ2n) is 6.81. The van der Waals surface area contributed by atoms with E-state index in [0.29, 0.717) is 17.9 Å². The molecule has 0 radical (unpaired) electrons. The molecule has 27 heavy (non-hydrogen) atoms. The maximum Gasteiger partial charge on any atom is 0.222 e. The zero-order chi connectivity index (χ0) is 19.2. The number of nitrogen functional groups attached to an aromatic ring is 1. The van der Waals surface area contributed by atoms with E-state index in [1.54, 1.807) is 7.11 Å². The van der Waals surface area contributed by atoms with Crippen molar-refractivity contribution in [3.8, 4) is 5.75 Å². The van der Waals surface area contributed by atoms with Crippen LogP contribution in [0.25, 0.3) is 0 Å². The molecule has 2 N–H and O–H groups in total. The first-order valence-electron chi connectivity index (χ1n) is 9.22. The first kappa shape index (κ1) is 19.5. The molecule has 0 aromatic heterocycles. The van der Waals surface area contributed by atoms with Gasteiger partial charge in [-0.05, 0) is 36.2 Å². The van der Waals surface area contributed by atoms with Crippen LogP contribution < -0.4 is 10.5 Å². The van der Waals surface area contributed by atoms with Crippen molar-refractivity contribution in [2.24, 2.45) is 0 Å². The number of benzene rings is 2. The highest BCUT2D eigenvalue weighted by Gasteiger charge is 2.22. The first-order chi connectivity index (χ1) is 13.1. The van der Waals surface area contributed by atoms with E-state index >= 15 is 0 Å². The van der Waals surface area contributed by atoms with Gasteiger partial charge < -0.3 is 15.4 Å². The van der Waals surface area contributed by atoms with E-state index in [4.69, 9.17) is 22.1 Å². The third-order valence-corrected chi connectivity index (χ3v) is 5.26. The average molecular weight is 388 g/mol. The number of carbonyl (C=O) groups excluding carboxylic acids is 1. The zero-order valence-corrected chi connectivity index (χ0v) is 16.4. The summed E-state index contributed by atoms with van der Waals surface area (Å²) < 4.78 is 5.42. The Bertz CT molecular complexity index is 789. The van der Waals surface area contributed by atoms with Crippen LogP contribution in [-0.2, 0) is 17.8 Å². The van der Waals surface area contributed by atoms with E-state index in [9.17, 15) is 4.79 Å². The van der Waals surface area contributed by atoms with Gasteiger partial charge in [-0.25, -0.2) is 0 Å². The number of hydrogen-bond acceptors (Lipinski definition) is 4. The predicted molar refractivity (Wildman–Crippen MR) is 109 cm³/mol. The Hall–Kier alpha value is -2.24. The lowest BCUT2D eigenvalue weighted by atomic mass is 10.1. The fraction of sp³-hybridized carbons (Fsp3) is 0.381. The number of aryl methyl sites for hydroxylation is 1. The highest BCUT2D eigenvalue weighted by molar-refractivity contribution is 6.30. The summed E-state index contributed by atoms with van der Waals surface area (Å²) in [7, 11) is 1.67. The Kier molecular flexibility index (Phi) is 6.58. The van der Waals surface area contributed by atoms with Gasteiger partial charge in [0.25, 0.3) is 0 Å². The van der Waals surface area contributed by atoms with Crippen molar-refractivity contribution in [1.82, 2.24) is 9.80 Å². The van der Waals surface area contributed by atoms with E-state index in [0.717, 1.165) is 55.3 Å². The van der Waals surface area contributed by atoms with Crippen LogP contribution in [0.1, 0.15) is 17.5 Å². The van der Waals surface area contributed by atoms with Gasteiger partial charge >= 0.3 is 0 Å². The molecule has 0 atom stereocenters. The number of piperazine rings is 1. The van der Waals surface area contributed by atoms with Crippen LogP contribution in [0.3, 0.4) is 0 Å². The molecule has 1 fully saturated rings. The maximum atomic E-state index is 12.5. The molecule has 1 amide bonds. The second kappa shape index (κ2) is 9.11. The molecular weight excluding hydrogens is 362 g/mol. The molecule has 1 aliphatic rings. The standard InChI is InChI=1S/C21H26ClN3O2/c1-27-20-8-7-18(22)14-17(20)15-24-10-12-25(13-11-24)21(26)9-6-16-4-2-3-5-19(16)23/h2-5,7-8,14H,6,9-13,15,23H2,1H3. The lowest BCUT2D eigenvalue weighted by molar-refractivity contribution is -0.133. The molecule has 1 aliphatic heterocycles. The van der Waals surface area contributed by atoms with Crippen LogP contribution >= 0.6 is 11.6 Å². The number of anilines is 1. The third kappa shape index (κ3) is 5.15. The molecule has 0 spiro atoms. The molecular formula is C21H26ClN3O2. The summed E-state index contributed by atoms with van der Waals surface area (Å²) in [5.74, 6) is 1.04. The number of carbonyl (C=O) groups is 1. The lowest BCUT2D eigenvalue weighted by Crippen LogP contribution is -2.48. The molecule has 0 unspecified atom stereocenters. The largest absolute Gasteiger partial charge is 0.496 e. The van der Waals surface area contributed by atoms with Crippen molar-refractivity contribution in [2.75, 3.05) is 39.0 Å². The molecule has 3 rings (SSSR count). The number of halogens is 1. The lowest BCUT2D eigenvalue weighted by Gasteiger charge is -2.35. The summed E-state index contributed by atoms with van der Waals surface area (Å²) in [6, 6.07) is 13.4. The number of hydrogen-bond donors (Lipinski definition) is 1. The van der Waals surface area contributed by atoms with Gasteiger partial charge in [0.15, 0.2) is 0 Å². The van der Waals surface area contributed by atoms with E-state index in [1.807, 2.05) is 47.4 Å². The van der Waals surface area contributed by atoms with E-state index in [-0.39, 0.29) is 5.91 Å². The summed E-state index contributed by atoms with van der Waals surface area (Å²) in [6.07, 6.45) is 1.18. The van der Waals surface area contributed by atoms with Gasteiger partial charge in [-0.3, -0.25) is 9.69 Å². The van der Waals surface area contributed by atoms with Crippen molar-refractivity contribution in [1.29, 1.82) is 0 Å². The van der Waals surface area contributed by atoms with Crippen molar-refractivity contribution in [3.05, 3.63) is 58.6 Å². The number of ether oxygens (including phenoxy) is 1. The quantitative estimate of drug-likeness (QED) is 0.773. The van der Waals surface area contributed by atoms with Gasteiger partial charge in [-0.2, -0.15) is 0 Å². The summed E-state index contributed by atoms with van der Waals surface area (Å²) in [5, 5.41) is 0.708. The number of methoxy groups -OCH3 is 1. The van der Waals surface area contributed by atoms with Gasteiger partial charge in [0.05, 0.1) is 7.11 Å². The molecule has 2 aromatic rings. The normalized spacial score (nSPS) is 15.0. The molecule has 144 valence electrons. The van der Waals surface area contributed by atoms with Gasteiger partial charge in [-0.1, -0.05) is 29.8 Å². The zero-order valence-electron chi connectivity index (χ0n) is 15.7. The minimum atomic E-state index is 0.193. The summed E-state index contributed by atoms with van der Waals surface area (Å²) in [5.41, 5.74) is 8.83. The van der Waals surface area contributed by atoms with Gasteiger partial charge in [-0.15, -0.1) is 0 Å². The molecule has 0 bridgehead atoms. The van der Waals surface area contributed by atoms with E-state index in [1.165, 1.54) is 0 Å². The minimum absolute atomic E-state index is 0.193. The van der Waals surface area contributed by atoms with Crippen molar-refractivity contribution >= 4 is 23.2 Å². The van der Waals surface area contributed by atoms with Crippen LogP contribution in [0.15, 0.2) is 42.5 Å². The van der Waals surface area contributed by atoms with Crippen molar-refractivity contribution in [3.63, 3.8) is 0 Å². The highest BCUT2D eigenvalue weighted by Crippen LogP contribution is 2.24. The van der Waals surface area contributed by atoms with Crippen LogP contribution in [0.2, 0.25) is 5.02 Å². The Balaban J connectivity index is 1.49. The summed E-state index contributed by atoms with van der Waals surface area (Å²) >= 11 is 6.12. The van der Waals surface area contributed by atoms with Crippen molar-refractivity contribution in [2.45, 2.75) is 19.4 Å². The third-order valence-electron chi connectivity index (χ3n) is 5.02. The molecule has 6 heteroatoms. The number of nitrogens with zero attached hydrogens (tertiary/aromatic N) is 2. The van der Waals surface area contributed by atoms with Gasteiger partial charge in [0, 0.05) is 55.4 Å². The van der Waals surface area contributed by atoms with Crippen LogP contribution in [0.5, 0.6) is 5.75 Å². The van der Waals surface area contributed by atoms with Crippen LogP contribution in [-0.4, -0.2) is 49.0 Å². The fourth-order valence-electron chi connectivity index (χ4n) is 3.43. The van der Waals surface area contributed by atoms with Crippen LogP contribution in [0.4, 0.5) is 5.69 Å². The first-order valence-corrected chi connectivity index (χ1v) is 9.60. The Morgan fingerprint density at radius 2 is 1.85 bits per heavy atom. The fourth-order valence-corrected chi connectivity index (χ4v) is 3.62. The smallest absolute Gasteiger partial charge is 0.222 e. The monoisotopic (exact) mass is 387 g/mol. The molecule has 0 saturated carbocycles. The van der Waals surface area contributed by atoms with Crippen molar-refractivity contribution < 1.29 is 9.53 Å². The van der Waals surface area contributed by atoms with E-state index in [2.05, 4.69) is 4.90 Å². The molecule has 2 aromatic carbocycles. The second-order valence-corrected chi connectivity index (χ2v) is 7.25. The van der Waals surface area contributed by atoms with E-state index < -0.39 is 0 Å². The van der Waals surface area contributed by atoms with Gasteiger partial charge in [0.2, 0.25) is 5.91 Å². The summed E-state index contributed by atoms with van der Waals surface area (Å²) in [4.78, 5) is 16.8. The Morgan fingerprint density at radius 3 is 2.56 bits per heavy atom. The molecule has 5 nitrogen and oxygen atoms in total. The molecule has 0 aliphatic carbocycles. The summed E-state index contributed by atoms with van der Waals surface area (Å²) in [6.45, 7) is 3.94. The number of rotatable bonds is 6.